The van der Waals surface area contributed by atoms with Crippen LogP contribution in [0.5, 0.6) is 5.75 Å². The fourth-order valence-corrected chi connectivity index (χ4v) is 2.11. The molecule has 0 unspecified atom stereocenters. The van der Waals surface area contributed by atoms with E-state index in [2.05, 4.69) is 40.8 Å². The maximum absolute atomic E-state index is 5.76. The van der Waals surface area contributed by atoms with Gasteiger partial charge in [-0.15, -0.1) is 0 Å². The summed E-state index contributed by atoms with van der Waals surface area (Å²) in [4.78, 5) is 4.20. The highest BCUT2D eigenvalue weighted by molar-refractivity contribution is 5.27. The van der Waals surface area contributed by atoms with Gasteiger partial charge in [0.1, 0.15) is 18.2 Å². The lowest BCUT2D eigenvalue weighted by molar-refractivity contribution is 0.297. The summed E-state index contributed by atoms with van der Waals surface area (Å²) in [7, 11) is 0. The molecule has 0 aliphatic rings. The fraction of sp³-hybridized carbons (Fsp3) is 0.471. The second kappa shape index (κ2) is 7.84. The van der Waals surface area contributed by atoms with Gasteiger partial charge in [-0.05, 0) is 37.1 Å². The average molecular weight is 287 g/mol. The molecule has 0 fully saturated rings. The maximum atomic E-state index is 5.76. The predicted octanol–water partition coefficient (Wildman–Crippen LogP) is 3.02. The van der Waals surface area contributed by atoms with Gasteiger partial charge in [-0.25, -0.2) is 4.98 Å². The predicted molar refractivity (Wildman–Crippen MR) is 85.4 cm³/mol. The summed E-state index contributed by atoms with van der Waals surface area (Å²) in [6, 6.07) is 8.30. The van der Waals surface area contributed by atoms with Crippen LogP contribution in [0.15, 0.2) is 36.7 Å². The van der Waals surface area contributed by atoms with Crippen molar-refractivity contribution in [2.45, 2.75) is 33.9 Å². The van der Waals surface area contributed by atoms with E-state index in [1.54, 1.807) is 0 Å². The first-order valence-corrected chi connectivity index (χ1v) is 7.55. The zero-order chi connectivity index (χ0) is 15.1. The van der Waals surface area contributed by atoms with E-state index in [-0.39, 0.29) is 0 Å². The van der Waals surface area contributed by atoms with Gasteiger partial charge in [0.05, 0.1) is 6.54 Å². The molecule has 0 aliphatic carbocycles. The quantitative estimate of drug-likeness (QED) is 0.811. The molecule has 1 aromatic carbocycles. The molecule has 21 heavy (non-hydrogen) atoms. The van der Waals surface area contributed by atoms with Crippen molar-refractivity contribution in [2.24, 2.45) is 5.92 Å². The number of rotatable bonds is 8. The van der Waals surface area contributed by atoms with E-state index in [1.165, 1.54) is 5.56 Å². The number of hydrogen-bond acceptors (Lipinski definition) is 3. The van der Waals surface area contributed by atoms with Crippen molar-refractivity contribution >= 4 is 0 Å². The lowest BCUT2D eigenvalue weighted by Gasteiger charge is -2.10. The van der Waals surface area contributed by atoms with Crippen molar-refractivity contribution in [1.29, 1.82) is 0 Å². The Morgan fingerprint density at radius 1 is 1.24 bits per heavy atom. The zero-order valence-corrected chi connectivity index (χ0v) is 13.2. The highest BCUT2D eigenvalue weighted by Crippen LogP contribution is 2.12. The summed E-state index contributed by atoms with van der Waals surface area (Å²) in [5.41, 5.74) is 1.29. The normalized spacial score (nSPS) is 11.0. The Morgan fingerprint density at radius 3 is 2.62 bits per heavy atom. The van der Waals surface area contributed by atoms with Crippen LogP contribution >= 0.6 is 0 Å². The lowest BCUT2D eigenvalue weighted by Crippen LogP contribution is -2.18. The van der Waals surface area contributed by atoms with E-state index in [1.807, 2.05) is 31.5 Å². The van der Waals surface area contributed by atoms with Crippen LogP contribution in [0.25, 0.3) is 0 Å². The van der Waals surface area contributed by atoms with Gasteiger partial charge in [0.15, 0.2) is 0 Å². The van der Waals surface area contributed by atoms with Crippen LogP contribution in [0.2, 0.25) is 0 Å². The van der Waals surface area contributed by atoms with Crippen molar-refractivity contribution in [3.05, 3.63) is 48.0 Å². The summed E-state index contributed by atoms with van der Waals surface area (Å²) < 4.78 is 7.85. The first-order valence-electron chi connectivity index (χ1n) is 7.55. The third-order valence-corrected chi connectivity index (χ3v) is 3.33. The molecule has 0 saturated carbocycles. The number of imidazole rings is 1. The number of ether oxygens (including phenoxy) is 1. The van der Waals surface area contributed by atoms with Crippen LogP contribution in [-0.4, -0.2) is 22.7 Å². The van der Waals surface area contributed by atoms with Crippen LogP contribution in [-0.2, 0) is 13.1 Å². The number of benzene rings is 1. The molecule has 1 aromatic heterocycles. The van der Waals surface area contributed by atoms with Gasteiger partial charge in [-0.2, -0.15) is 0 Å². The molecule has 1 N–H and O–H groups in total. The Labute approximate surface area is 127 Å². The zero-order valence-electron chi connectivity index (χ0n) is 13.2. The molecule has 0 radical (unpaired) electrons. The lowest BCUT2D eigenvalue weighted by atomic mass is 10.2. The Hall–Kier alpha value is -1.81. The highest BCUT2D eigenvalue weighted by Gasteiger charge is 1.99. The van der Waals surface area contributed by atoms with Crippen molar-refractivity contribution in [2.75, 3.05) is 13.2 Å². The molecule has 0 bridgehead atoms. The third-order valence-electron chi connectivity index (χ3n) is 3.33. The van der Waals surface area contributed by atoms with Crippen LogP contribution in [0.1, 0.15) is 25.2 Å². The summed E-state index contributed by atoms with van der Waals surface area (Å²) in [6.45, 7) is 9.86. The molecule has 0 aliphatic heterocycles. The standard InChI is InChI=1S/C17H25N3O/c1-14(2)12-18-13-16-4-6-17(7-5-16)21-11-10-20-9-8-19-15(20)3/h4-9,14,18H,10-13H2,1-3H3. The minimum Gasteiger partial charge on any atom is -0.492 e. The van der Waals surface area contributed by atoms with Crippen LogP contribution in [0.4, 0.5) is 0 Å². The molecule has 2 rings (SSSR count). The average Bonchev–Trinajstić information content (AvgIpc) is 2.86. The number of nitrogens with one attached hydrogen (secondary N) is 1. The number of nitrogens with zero attached hydrogens (tertiary/aromatic N) is 2. The Kier molecular flexibility index (Phi) is 5.81. The van der Waals surface area contributed by atoms with Crippen LogP contribution in [0, 0.1) is 12.8 Å². The molecule has 114 valence electrons. The molecule has 1 heterocycles. The number of aryl methyl sites for hydroxylation is 1. The van der Waals surface area contributed by atoms with Gasteiger partial charge < -0.3 is 14.6 Å². The molecule has 2 aromatic rings. The van der Waals surface area contributed by atoms with Gasteiger partial charge in [0.2, 0.25) is 0 Å². The van der Waals surface area contributed by atoms with E-state index >= 15 is 0 Å². The minimum absolute atomic E-state index is 0.655. The number of hydrogen-bond donors (Lipinski definition) is 1. The van der Waals surface area contributed by atoms with E-state index in [4.69, 9.17) is 4.74 Å². The van der Waals surface area contributed by atoms with Crippen molar-refractivity contribution in [1.82, 2.24) is 14.9 Å². The Bertz CT molecular complexity index is 531. The van der Waals surface area contributed by atoms with E-state index < -0.39 is 0 Å². The smallest absolute Gasteiger partial charge is 0.119 e. The first-order chi connectivity index (χ1) is 10.1. The minimum atomic E-state index is 0.655. The second-order valence-corrected chi connectivity index (χ2v) is 5.69. The molecule has 0 atom stereocenters. The van der Waals surface area contributed by atoms with Gasteiger partial charge in [-0.1, -0.05) is 26.0 Å². The summed E-state index contributed by atoms with van der Waals surface area (Å²) in [5, 5.41) is 3.44. The van der Waals surface area contributed by atoms with Gasteiger partial charge in [0.25, 0.3) is 0 Å². The molecule has 0 spiro atoms. The molecule has 4 nitrogen and oxygen atoms in total. The third kappa shape index (κ3) is 5.23. The maximum Gasteiger partial charge on any atom is 0.119 e. The highest BCUT2D eigenvalue weighted by atomic mass is 16.5. The first kappa shape index (κ1) is 15.6. The number of aromatic nitrogens is 2. The van der Waals surface area contributed by atoms with Crippen molar-refractivity contribution in [3.63, 3.8) is 0 Å². The molecular formula is C17H25N3O. The van der Waals surface area contributed by atoms with E-state index in [0.29, 0.717) is 12.5 Å². The van der Waals surface area contributed by atoms with Gasteiger partial charge in [-0.3, -0.25) is 0 Å². The topological polar surface area (TPSA) is 39.1 Å². The van der Waals surface area contributed by atoms with E-state index in [9.17, 15) is 0 Å². The van der Waals surface area contributed by atoms with Gasteiger partial charge >= 0.3 is 0 Å². The molecule has 0 saturated heterocycles. The van der Waals surface area contributed by atoms with E-state index in [0.717, 1.165) is 31.2 Å². The van der Waals surface area contributed by atoms with Crippen LogP contribution in [0.3, 0.4) is 0 Å². The largest absolute Gasteiger partial charge is 0.492 e. The SMILES string of the molecule is Cc1nccn1CCOc1ccc(CNCC(C)C)cc1. The van der Waals surface area contributed by atoms with Crippen molar-refractivity contribution in [3.8, 4) is 5.75 Å². The molecule has 4 heteroatoms. The summed E-state index contributed by atoms with van der Waals surface area (Å²) in [6.07, 6.45) is 3.79. The second-order valence-electron chi connectivity index (χ2n) is 5.69. The summed E-state index contributed by atoms with van der Waals surface area (Å²) in [5.74, 6) is 2.62. The van der Waals surface area contributed by atoms with Crippen molar-refractivity contribution < 1.29 is 4.74 Å². The van der Waals surface area contributed by atoms with Gasteiger partial charge in [0, 0.05) is 18.9 Å². The van der Waals surface area contributed by atoms with Crippen LogP contribution < -0.4 is 10.1 Å². The molecular weight excluding hydrogens is 262 g/mol. The fourth-order valence-electron chi connectivity index (χ4n) is 2.11. The summed E-state index contributed by atoms with van der Waals surface area (Å²) >= 11 is 0. The Morgan fingerprint density at radius 2 is 2.00 bits per heavy atom. The Balaban J connectivity index is 1.73. The molecule has 0 amide bonds. The monoisotopic (exact) mass is 287 g/mol.